The number of ether oxygens (including phenoxy) is 1. The van der Waals surface area contributed by atoms with Gasteiger partial charge in [-0.3, -0.25) is 4.79 Å². The number of carbonyl (C=O) groups is 1. The third-order valence-electron chi connectivity index (χ3n) is 4.20. The zero-order valence-corrected chi connectivity index (χ0v) is 14.6. The van der Waals surface area contributed by atoms with Gasteiger partial charge in [-0.25, -0.2) is 4.39 Å². The summed E-state index contributed by atoms with van der Waals surface area (Å²) in [6.07, 6.45) is 0.314. The van der Waals surface area contributed by atoms with Crippen molar-refractivity contribution in [2.75, 3.05) is 37.7 Å². The van der Waals surface area contributed by atoms with Crippen molar-refractivity contribution in [3.8, 4) is 5.75 Å². The van der Waals surface area contributed by atoms with E-state index in [1.807, 2.05) is 29.2 Å². The van der Waals surface area contributed by atoms with Crippen LogP contribution in [0.3, 0.4) is 0 Å². The predicted molar refractivity (Wildman–Crippen MR) is 96.8 cm³/mol. The van der Waals surface area contributed by atoms with Crippen LogP contribution in [0.25, 0.3) is 0 Å². The van der Waals surface area contributed by atoms with Crippen molar-refractivity contribution < 1.29 is 13.9 Å². The summed E-state index contributed by atoms with van der Waals surface area (Å²) in [6.45, 7) is 3.22. The van der Waals surface area contributed by atoms with Gasteiger partial charge < -0.3 is 14.5 Å². The summed E-state index contributed by atoms with van der Waals surface area (Å²) in [6, 6.07) is 13.6. The number of hydrogen-bond donors (Lipinski definition) is 0. The molecular weight excluding hydrogens is 343 g/mol. The van der Waals surface area contributed by atoms with Crippen molar-refractivity contribution in [1.82, 2.24) is 4.90 Å². The highest BCUT2D eigenvalue weighted by molar-refractivity contribution is 6.30. The number of hydrogen-bond acceptors (Lipinski definition) is 3. The Morgan fingerprint density at radius 1 is 1.08 bits per heavy atom. The third-order valence-corrected chi connectivity index (χ3v) is 4.44. The summed E-state index contributed by atoms with van der Waals surface area (Å²) >= 11 is 6.03. The molecule has 0 aromatic heterocycles. The number of anilines is 1. The zero-order valence-electron chi connectivity index (χ0n) is 13.8. The van der Waals surface area contributed by atoms with Crippen LogP contribution in [0.5, 0.6) is 5.75 Å². The monoisotopic (exact) mass is 362 g/mol. The van der Waals surface area contributed by atoms with Gasteiger partial charge in [-0.2, -0.15) is 0 Å². The van der Waals surface area contributed by atoms with Crippen LogP contribution in [0, 0.1) is 5.82 Å². The molecule has 0 spiro atoms. The van der Waals surface area contributed by atoms with Crippen molar-refractivity contribution in [2.45, 2.75) is 6.42 Å². The SMILES string of the molecule is O=C(CCOc1ccc(F)cc1)N1CCN(c2cccc(Cl)c2)CC1. The minimum absolute atomic E-state index is 0.0767. The van der Waals surface area contributed by atoms with Gasteiger partial charge in [0.25, 0.3) is 0 Å². The zero-order chi connectivity index (χ0) is 17.6. The molecule has 0 unspecified atom stereocenters. The van der Waals surface area contributed by atoms with E-state index in [1.54, 1.807) is 12.1 Å². The van der Waals surface area contributed by atoms with Gasteiger partial charge in [0.2, 0.25) is 5.91 Å². The number of amides is 1. The average Bonchev–Trinajstić information content (AvgIpc) is 2.63. The first-order valence-electron chi connectivity index (χ1n) is 8.28. The van der Waals surface area contributed by atoms with E-state index in [2.05, 4.69) is 4.90 Å². The van der Waals surface area contributed by atoms with E-state index in [0.29, 0.717) is 36.9 Å². The Morgan fingerprint density at radius 3 is 2.48 bits per heavy atom. The fourth-order valence-corrected chi connectivity index (χ4v) is 3.02. The lowest BCUT2D eigenvalue weighted by atomic mass is 10.2. The second-order valence-corrected chi connectivity index (χ2v) is 6.34. The van der Waals surface area contributed by atoms with Crippen molar-refractivity contribution in [3.63, 3.8) is 0 Å². The Bertz CT molecular complexity index is 716. The molecule has 0 saturated carbocycles. The smallest absolute Gasteiger partial charge is 0.226 e. The van der Waals surface area contributed by atoms with Crippen LogP contribution in [0.1, 0.15) is 6.42 Å². The maximum Gasteiger partial charge on any atom is 0.226 e. The number of carbonyl (C=O) groups excluding carboxylic acids is 1. The van der Waals surface area contributed by atoms with Gasteiger partial charge in [0.05, 0.1) is 13.0 Å². The van der Waals surface area contributed by atoms with Gasteiger partial charge in [0.1, 0.15) is 11.6 Å². The summed E-state index contributed by atoms with van der Waals surface area (Å²) in [5, 5.41) is 0.717. The Hall–Kier alpha value is -2.27. The first-order valence-corrected chi connectivity index (χ1v) is 8.66. The standard InChI is InChI=1S/C19H20ClFN2O2/c20-15-2-1-3-17(14-15)22-9-11-23(12-10-22)19(24)8-13-25-18-6-4-16(21)5-7-18/h1-7,14H,8-13H2. The minimum Gasteiger partial charge on any atom is -0.493 e. The molecule has 0 atom stereocenters. The van der Waals surface area contributed by atoms with Gasteiger partial charge in [0.15, 0.2) is 0 Å². The molecule has 0 bridgehead atoms. The highest BCUT2D eigenvalue weighted by atomic mass is 35.5. The second-order valence-electron chi connectivity index (χ2n) is 5.90. The van der Waals surface area contributed by atoms with E-state index < -0.39 is 0 Å². The van der Waals surface area contributed by atoms with Crippen LogP contribution in [0.2, 0.25) is 5.02 Å². The number of nitrogens with zero attached hydrogens (tertiary/aromatic N) is 2. The molecule has 1 aliphatic heterocycles. The van der Waals surface area contributed by atoms with Crippen LogP contribution >= 0.6 is 11.6 Å². The lowest BCUT2D eigenvalue weighted by Crippen LogP contribution is -2.49. The van der Waals surface area contributed by atoms with Crippen molar-refractivity contribution in [2.24, 2.45) is 0 Å². The Kier molecular flexibility index (Phi) is 5.76. The Balaban J connectivity index is 1.43. The second kappa shape index (κ2) is 8.21. The van der Waals surface area contributed by atoms with E-state index in [-0.39, 0.29) is 11.7 Å². The molecule has 4 nitrogen and oxygen atoms in total. The molecule has 2 aromatic rings. The van der Waals surface area contributed by atoms with Gasteiger partial charge in [0, 0.05) is 36.9 Å². The summed E-state index contributed by atoms with van der Waals surface area (Å²) in [5.41, 5.74) is 1.08. The quantitative estimate of drug-likeness (QED) is 0.814. The van der Waals surface area contributed by atoms with Crippen molar-refractivity contribution in [3.05, 3.63) is 59.4 Å². The minimum atomic E-state index is -0.305. The number of rotatable bonds is 5. The molecule has 1 amide bonds. The van der Waals surface area contributed by atoms with E-state index in [4.69, 9.17) is 16.3 Å². The van der Waals surface area contributed by atoms with Crippen molar-refractivity contribution in [1.29, 1.82) is 0 Å². The van der Waals surface area contributed by atoms with Crippen LogP contribution < -0.4 is 9.64 Å². The topological polar surface area (TPSA) is 32.8 Å². The Morgan fingerprint density at radius 2 is 1.80 bits per heavy atom. The normalized spacial score (nSPS) is 14.5. The molecule has 1 fully saturated rings. The van der Waals surface area contributed by atoms with Crippen LogP contribution in [0.15, 0.2) is 48.5 Å². The largest absolute Gasteiger partial charge is 0.493 e. The Labute approximate surface area is 151 Å². The first-order chi connectivity index (χ1) is 12.1. The molecule has 6 heteroatoms. The van der Waals surface area contributed by atoms with Gasteiger partial charge >= 0.3 is 0 Å². The van der Waals surface area contributed by atoms with Crippen LogP contribution in [0.4, 0.5) is 10.1 Å². The first kappa shape index (κ1) is 17.5. The van der Waals surface area contributed by atoms with E-state index in [0.717, 1.165) is 18.8 Å². The van der Waals surface area contributed by atoms with E-state index in [9.17, 15) is 9.18 Å². The molecule has 0 radical (unpaired) electrons. The van der Waals surface area contributed by atoms with Crippen LogP contribution in [-0.4, -0.2) is 43.6 Å². The molecular formula is C19H20ClFN2O2. The number of benzene rings is 2. The maximum absolute atomic E-state index is 12.8. The van der Waals surface area contributed by atoms with Gasteiger partial charge in [-0.05, 0) is 42.5 Å². The number of piperazine rings is 1. The molecule has 2 aromatic carbocycles. The predicted octanol–water partition coefficient (Wildman–Crippen LogP) is 3.60. The lowest BCUT2D eigenvalue weighted by molar-refractivity contribution is -0.132. The molecule has 1 saturated heterocycles. The molecule has 3 rings (SSSR count). The number of halogens is 2. The summed E-state index contributed by atoms with van der Waals surface area (Å²) < 4.78 is 18.3. The van der Waals surface area contributed by atoms with Crippen molar-refractivity contribution >= 4 is 23.2 Å². The third kappa shape index (κ3) is 4.86. The molecule has 1 aliphatic rings. The lowest BCUT2D eigenvalue weighted by Gasteiger charge is -2.36. The highest BCUT2D eigenvalue weighted by Gasteiger charge is 2.21. The molecule has 0 N–H and O–H groups in total. The van der Waals surface area contributed by atoms with E-state index in [1.165, 1.54) is 12.1 Å². The molecule has 132 valence electrons. The average molecular weight is 363 g/mol. The van der Waals surface area contributed by atoms with E-state index >= 15 is 0 Å². The summed E-state index contributed by atoms with van der Waals surface area (Å²) in [4.78, 5) is 16.4. The molecule has 25 heavy (non-hydrogen) atoms. The maximum atomic E-state index is 12.8. The fourth-order valence-electron chi connectivity index (χ4n) is 2.83. The van der Waals surface area contributed by atoms with Crippen LogP contribution in [-0.2, 0) is 4.79 Å². The summed E-state index contributed by atoms with van der Waals surface area (Å²) in [5.74, 6) is 0.342. The van der Waals surface area contributed by atoms with Gasteiger partial charge in [-0.15, -0.1) is 0 Å². The van der Waals surface area contributed by atoms with Gasteiger partial charge in [-0.1, -0.05) is 17.7 Å². The fraction of sp³-hybridized carbons (Fsp3) is 0.316. The highest BCUT2D eigenvalue weighted by Crippen LogP contribution is 2.21. The molecule has 0 aliphatic carbocycles. The molecule has 1 heterocycles. The summed E-state index contributed by atoms with van der Waals surface area (Å²) in [7, 11) is 0.